The molecule has 0 saturated heterocycles. The fourth-order valence-corrected chi connectivity index (χ4v) is 3.75. The first kappa shape index (κ1) is 16.6. The van der Waals surface area contributed by atoms with Gasteiger partial charge in [0.1, 0.15) is 14.8 Å². The summed E-state index contributed by atoms with van der Waals surface area (Å²) in [6.45, 7) is 7.25. The Morgan fingerprint density at radius 1 is 1.18 bits per heavy atom. The minimum atomic E-state index is -0.995. The van der Waals surface area contributed by atoms with Crippen molar-refractivity contribution < 1.29 is 14.7 Å². The normalized spacial score (nSPS) is 12.2. The smallest absolute Gasteiger partial charge is 0.347 e. The fraction of sp³-hybridized carbons (Fsp3) is 0.429. The minimum Gasteiger partial charge on any atom is -0.477 e. The number of aromatic nitrogens is 2. The van der Waals surface area contributed by atoms with Gasteiger partial charge in [-0.15, -0.1) is 22.7 Å². The first-order valence-electron chi connectivity index (χ1n) is 6.81. The van der Waals surface area contributed by atoms with Gasteiger partial charge in [-0.1, -0.05) is 6.92 Å². The van der Waals surface area contributed by atoms with Crippen LogP contribution in [0, 0.1) is 13.8 Å². The molecule has 2 heterocycles. The van der Waals surface area contributed by atoms with Crippen molar-refractivity contribution in [2.75, 3.05) is 0 Å². The van der Waals surface area contributed by atoms with Crippen molar-refractivity contribution in [3.05, 3.63) is 31.2 Å². The van der Waals surface area contributed by atoms with Gasteiger partial charge < -0.3 is 10.4 Å². The van der Waals surface area contributed by atoms with Gasteiger partial charge in [0.25, 0.3) is 5.91 Å². The fourth-order valence-electron chi connectivity index (χ4n) is 1.94. The summed E-state index contributed by atoms with van der Waals surface area (Å²) >= 11 is 2.47. The highest BCUT2D eigenvalue weighted by molar-refractivity contribution is 7.14. The lowest BCUT2D eigenvalue weighted by Gasteiger charge is -2.10. The van der Waals surface area contributed by atoms with Crippen molar-refractivity contribution in [2.45, 2.75) is 40.2 Å². The Morgan fingerprint density at radius 3 is 2.32 bits per heavy atom. The molecule has 1 atom stereocenters. The first-order chi connectivity index (χ1) is 10.3. The lowest BCUT2D eigenvalue weighted by atomic mass is 10.3. The molecule has 8 heteroatoms. The number of amides is 1. The Morgan fingerprint density at radius 2 is 1.82 bits per heavy atom. The van der Waals surface area contributed by atoms with E-state index in [1.807, 2.05) is 13.8 Å². The highest BCUT2D eigenvalue weighted by Gasteiger charge is 2.21. The molecule has 0 bridgehead atoms. The average molecular weight is 339 g/mol. The number of nitrogens with one attached hydrogen (secondary N) is 1. The molecule has 2 rings (SSSR count). The zero-order valence-electron chi connectivity index (χ0n) is 12.8. The zero-order valence-corrected chi connectivity index (χ0v) is 14.4. The van der Waals surface area contributed by atoms with Crippen LogP contribution in [0.5, 0.6) is 0 Å². The number of rotatable bonds is 5. The number of nitrogens with zero attached hydrogens (tertiary/aromatic N) is 2. The van der Waals surface area contributed by atoms with Crippen molar-refractivity contribution in [1.29, 1.82) is 0 Å². The standard InChI is InChI=1S/C14H17N3O3S2/c1-5-9-15-6(2)10(21-9)12(18)16-8(4)13-17-7(3)11(22-13)14(19)20/h8H,5H2,1-4H3,(H,16,18)(H,19,20). The quantitative estimate of drug-likeness (QED) is 0.873. The third kappa shape index (κ3) is 3.33. The summed E-state index contributed by atoms with van der Waals surface area (Å²) in [7, 11) is 0. The van der Waals surface area contributed by atoms with Crippen LogP contribution in [0.15, 0.2) is 0 Å². The SMILES string of the molecule is CCc1nc(C)c(C(=O)NC(C)c2nc(C)c(C(=O)O)s2)s1. The molecule has 2 aromatic heterocycles. The number of carbonyl (C=O) groups is 2. The van der Waals surface area contributed by atoms with E-state index in [9.17, 15) is 9.59 Å². The van der Waals surface area contributed by atoms with E-state index in [4.69, 9.17) is 5.11 Å². The van der Waals surface area contributed by atoms with E-state index in [-0.39, 0.29) is 16.8 Å². The van der Waals surface area contributed by atoms with Crippen molar-refractivity contribution in [1.82, 2.24) is 15.3 Å². The highest BCUT2D eigenvalue weighted by Crippen LogP contribution is 2.25. The summed E-state index contributed by atoms with van der Waals surface area (Å²) in [4.78, 5) is 32.8. The van der Waals surface area contributed by atoms with Crippen LogP contribution in [-0.4, -0.2) is 27.0 Å². The predicted octanol–water partition coefficient (Wildman–Crippen LogP) is 2.97. The van der Waals surface area contributed by atoms with Crippen LogP contribution < -0.4 is 5.32 Å². The van der Waals surface area contributed by atoms with Gasteiger partial charge in [0.05, 0.1) is 22.4 Å². The van der Waals surface area contributed by atoms with Gasteiger partial charge in [0.2, 0.25) is 0 Å². The molecule has 0 radical (unpaired) electrons. The van der Waals surface area contributed by atoms with Crippen molar-refractivity contribution >= 4 is 34.6 Å². The third-order valence-corrected chi connectivity index (χ3v) is 5.70. The van der Waals surface area contributed by atoms with Gasteiger partial charge in [0.15, 0.2) is 0 Å². The second-order valence-electron chi connectivity index (χ2n) is 4.84. The van der Waals surface area contributed by atoms with Gasteiger partial charge in [-0.25, -0.2) is 14.8 Å². The number of hydrogen-bond donors (Lipinski definition) is 2. The molecule has 0 aliphatic rings. The predicted molar refractivity (Wildman–Crippen MR) is 85.9 cm³/mol. The molecular weight excluding hydrogens is 322 g/mol. The number of carboxylic acids is 1. The molecule has 22 heavy (non-hydrogen) atoms. The van der Waals surface area contributed by atoms with Gasteiger partial charge >= 0.3 is 5.97 Å². The van der Waals surface area contributed by atoms with Crippen molar-refractivity contribution in [3.8, 4) is 0 Å². The van der Waals surface area contributed by atoms with E-state index in [0.717, 1.165) is 22.8 Å². The number of aromatic carboxylic acids is 1. The monoisotopic (exact) mass is 339 g/mol. The Balaban J connectivity index is 2.15. The molecule has 0 aliphatic heterocycles. The maximum Gasteiger partial charge on any atom is 0.347 e. The lowest BCUT2D eigenvalue weighted by molar-refractivity contribution is 0.0701. The number of thiazole rings is 2. The summed E-state index contributed by atoms with van der Waals surface area (Å²) in [5.74, 6) is -1.20. The topological polar surface area (TPSA) is 92.2 Å². The average Bonchev–Trinajstić information content (AvgIpc) is 3.01. The van der Waals surface area contributed by atoms with E-state index in [1.165, 1.54) is 11.3 Å². The highest BCUT2D eigenvalue weighted by atomic mass is 32.1. The van der Waals surface area contributed by atoms with Crippen molar-refractivity contribution in [3.63, 3.8) is 0 Å². The maximum atomic E-state index is 12.3. The third-order valence-electron chi connectivity index (χ3n) is 3.07. The van der Waals surface area contributed by atoms with E-state index in [2.05, 4.69) is 15.3 Å². The molecule has 6 nitrogen and oxygen atoms in total. The van der Waals surface area contributed by atoms with Crippen LogP contribution in [0.4, 0.5) is 0 Å². The molecule has 1 unspecified atom stereocenters. The summed E-state index contributed by atoms with van der Waals surface area (Å²) in [5, 5.41) is 13.4. The summed E-state index contributed by atoms with van der Waals surface area (Å²) < 4.78 is 0. The Kier molecular flexibility index (Phi) is 4.92. The molecule has 0 aromatic carbocycles. The van der Waals surface area contributed by atoms with Crippen LogP contribution in [0.1, 0.15) is 60.6 Å². The van der Waals surface area contributed by atoms with Gasteiger partial charge in [-0.05, 0) is 27.2 Å². The Bertz CT molecular complexity index is 721. The molecule has 0 spiro atoms. The molecule has 118 valence electrons. The molecule has 0 fully saturated rings. The zero-order chi connectivity index (χ0) is 16.4. The van der Waals surface area contributed by atoms with Crippen LogP contribution in [0.3, 0.4) is 0 Å². The Hall–Kier alpha value is -1.80. The molecule has 1 amide bonds. The molecular formula is C14H17N3O3S2. The van der Waals surface area contributed by atoms with E-state index in [1.54, 1.807) is 13.8 Å². The van der Waals surface area contributed by atoms with E-state index in [0.29, 0.717) is 21.3 Å². The number of hydrogen-bond acceptors (Lipinski definition) is 6. The first-order valence-corrected chi connectivity index (χ1v) is 8.44. The van der Waals surface area contributed by atoms with Gasteiger partial charge in [-0.2, -0.15) is 0 Å². The summed E-state index contributed by atoms with van der Waals surface area (Å²) in [6, 6.07) is -0.351. The molecule has 0 saturated carbocycles. The van der Waals surface area contributed by atoms with Crippen LogP contribution in [0.25, 0.3) is 0 Å². The molecule has 0 aliphatic carbocycles. The van der Waals surface area contributed by atoms with Gasteiger partial charge in [0, 0.05) is 0 Å². The number of aryl methyl sites for hydroxylation is 3. The van der Waals surface area contributed by atoms with Crippen molar-refractivity contribution in [2.24, 2.45) is 0 Å². The summed E-state index contributed by atoms with van der Waals surface area (Å²) in [5.41, 5.74) is 1.18. The van der Waals surface area contributed by atoms with Crippen LogP contribution >= 0.6 is 22.7 Å². The molecule has 2 aromatic rings. The number of carboxylic acid groups (broad SMARTS) is 1. The van der Waals surface area contributed by atoms with Crippen LogP contribution in [-0.2, 0) is 6.42 Å². The van der Waals surface area contributed by atoms with E-state index >= 15 is 0 Å². The second kappa shape index (κ2) is 6.53. The summed E-state index contributed by atoms with van der Waals surface area (Å²) in [6.07, 6.45) is 0.794. The Labute approximate surface area is 136 Å². The van der Waals surface area contributed by atoms with Crippen LogP contribution in [0.2, 0.25) is 0 Å². The minimum absolute atomic E-state index is 0.202. The van der Waals surface area contributed by atoms with Gasteiger partial charge in [-0.3, -0.25) is 4.79 Å². The number of carbonyl (C=O) groups excluding carboxylic acids is 1. The molecule has 2 N–H and O–H groups in total. The van der Waals surface area contributed by atoms with E-state index < -0.39 is 5.97 Å². The lowest BCUT2D eigenvalue weighted by Crippen LogP contribution is -2.26. The second-order valence-corrected chi connectivity index (χ2v) is 6.96. The largest absolute Gasteiger partial charge is 0.477 e. The maximum absolute atomic E-state index is 12.3.